The lowest BCUT2D eigenvalue weighted by Gasteiger charge is -2.35. The molecule has 1 fully saturated rings. The van der Waals surface area contributed by atoms with E-state index in [-0.39, 0.29) is 12.1 Å². The first-order chi connectivity index (χ1) is 9.51. The van der Waals surface area contributed by atoms with E-state index < -0.39 is 0 Å². The average molecular weight is 360 g/mol. The van der Waals surface area contributed by atoms with Gasteiger partial charge < -0.3 is 10.5 Å². The van der Waals surface area contributed by atoms with Gasteiger partial charge in [-0.15, -0.1) is 11.3 Å². The predicted octanol–water partition coefficient (Wildman–Crippen LogP) is 5.13. The van der Waals surface area contributed by atoms with Crippen LogP contribution in [0.25, 0.3) is 0 Å². The molecular weight excluding hydrogens is 334 g/mol. The second-order valence-corrected chi connectivity index (χ2v) is 8.65. The van der Waals surface area contributed by atoms with Crippen LogP contribution in [0.3, 0.4) is 0 Å². The van der Waals surface area contributed by atoms with E-state index in [0.717, 1.165) is 22.0 Å². The lowest BCUT2D eigenvalue weighted by molar-refractivity contribution is -0.0579. The summed E-state index contributed by atoms with van der Waals surface area (Å²) in [7, 11) is 0. The molecule has 1 aromatic heterocycles. The van der Waals surface area contributed by atoms with Crippen LogP contribution in [0.15, 0.2) is 15.9 Å². The highest BCUT2D eigenvalue weighted by molar-refractivity contribution is 9.11. The van der Waals surface area contributed by atoms with E-state index in [1.54, 1.807) is 11.3 Å². The molecule has 2 nitrogen and oxygen atoms in total. The molecule has 114 valence electrons. The van der Waals surface area contributed by atoms with E-state index >= 15 is 0 Å². The van der Waals surface area contributed by atoms with Crippen molar-refractivity contribution in [3.05, 3.63) is 20.8 Å². The molecule has 0 bridgehead atoms. The zero-order valence-electron chi connectivity index (χ0n) is 12.6. The van der Waals surface area contributed by atoms with Gasteiger partial charge in [0, 0.05) is 10.9 Å². The number of hydrogen-bond donors (Lipinski definition) is 1. The lowest BCUT2D eigenvalue weighted by atomic mass is 9.80. The van der Waals surface area contributed by atoms with E-state index in [9.17, 15) is 0 Å². The van der Waals surface area contributed by atoms with Crippen molar-refractivity contribution in [2.75, 3.05) is 0 Å². The van der Waals surface area contributed by atoms with Crippen LogP contribution in [-0.4, -0.2) is 12.1 Å². The van der Waals surface area contributed by atoms with Crippen LogP contribution in [0, 0.1) is 11.8 Å². The highest BCUT2D eigenvalue weighted by Gasteiger charge is 2.30. The summed E-state index contributed by atoms with van der Waals surface area (Å²) in [5.74, 6) is 1.58. The molecule has 2 N–H and O–H groups in total. The van der Waals surface area contributed by atoms with Gasteiger partial charge >= 0.3 is 0 Å². The Bertz CT molecular complexity index is 422. The first kappa shape index (κ1) is 16.5. The molecule has 1 aliphatic rings. The SMILES string of the molecule is CCC(N)C(OC1CCC(C)C(C)C1)c1ccc(Br)s1. The second-order valence-electron chi connectivity index (χ2n) is 6.16. The monoisotopic (exact) mass is 359 g/mol. The summed E-state index contributed by atoms with van der Waals surface area (Å²) in [6.07, 6.45) is 4.96. The normalized spacial score (nSPS) is 30.1. The number of nitrogens with two attached hydrogens (primary N) is 1. The second kappa shape index (κ2) is 7.39. The summed E-state index contributed by atoms with van der Waals surface area (Å²) in [6, 6.07) is 4.31. The highest BCUT2D eigenvalue weighted by Crippen LogP contribution is 2.37. The van der Waals surface area contributed by atoms with Crippen molar-refractivity contribution in [2.45, 2.75) is 64.7 Å². The number of hydrogen-bond acceptors (Lipinski definition) is 3. The van der Waals surface area contributed by atoms with Crippen molar-refractivity contribution in [1.29, 1.82) is 0 Å². The van der Waals surface area contributed by atoms with Crippen LogP contribution in [0.2, 0.25) is 0 Å². The molecule has 0 spiro atoms. The van der Waals surface area contributed by atoms with E-state index in [0.29, 0.717) is 6.10 Å². The Balaban J connectivity index is 2.05. The third kappa shape index (κ3) is 4.06. The van der Waals surface area contributed by atoms with Crippen molar-refractivity contribution < 1.29 is 4.74 Å². The number of rotatable bonds is 5. The minimum atomic E-state index is 0.0434. The van der Waals surface area contributed by atoms with E-state index in [1.165, 1.54) is 24.1 Å². The van der Waals surface area contributed by atoms with Crippen LogP contribution in [0.1, 0.15) is 57.4 Å². The zero-order valence-corrected chi connectivity index (χ0v) is 15.0. The summed E-state index contributed by atoms with van der Waals surface area (Å²) in [4.78, 5) is 1.25. The Kier molecular flexibility index (Phi) is 6.09. The van der Waals surface area contributed by atoms with Crippen molar-refractivity contribution in [3.63, 3.8) is 0 Å². The third-order valence-corrected chi connectivity index (χ3v) is 6.31. The standard InChI is InChI=1S/C16H26BrNOS/c1-4-13(18)16(14-7-8-15(17)20-14)19-12-6-5-10(2)11(3)9-12/h7-8,10-13,16H,4-6,9,18H2,1-3H3. The van der Waals surface area contributed by atoms with Crippen LogP contribution < -0.4 is 5.73 Å². The maximum absolute atomic E-state index is 6.43. The molecule has 0 saturated heterocycles. The van der Waals surface area contributed by atoms with Gasteiger partial charge in [-0.05, 0) is 65.6 Å². The minimum absolute atomic E-state index is 0.0434. The first-order valence-corrected chi connectivity index (χ1v) is 9.28. The quantitative estimate of drug-likeness (QED) is 0.790. The Labute approximate surface area is 135 Å². The van der Waals surface area contributed by atoms with Crippen LogP contribution in [-0.2, 0) is 4.74 Å². The Morgan fingerprint density at radius 2 is 2.10 bits per heavy atom. The fourth-order valence-electron chi connectivity index (χ4n) is 2.90. The lowest BCUT2D eigenvalue weighted by Crippen LogP contribution is -2.34. The molecule has 0 aromatic carbocycles. The Morgan fingerprint density at radius 1 is 1.35 bits per heavy atom. The summed E-state index contributed by atoms with van der Waals surface area (Å²) < 4.78 is 7.57. The molecule has 0 radical (unpaired) electrons. The van der Waals surface area contributed by atoms with E-state index in [2.05, 4.69) is 48.8 Å². The molecule has 5 unspecified atom stereocenters. The molecule has 1 aromatic rings. The number of thiophene rings is 1. The Morgan fingerprint density at radius 3 is 2.65 bits per heavy atom. The van der Waals surface area contributed by atoms with Crippen LogP contribution in [0.4, 0.5) is 0 Å². The van der Waals surface area contributed by atoms with Crippen LogP contribution in [0.5, 0.6) is 0 Å². The van der Waals surface area contributed by atoms with Crippen molar-refractivity contribution in [3.8, 4) is 0 Å². The van der Waals surface area contributed by atoms with Gasteiger partial charge in [-0.1, -0.05) is 20.8 Å². The highest BCUT2D eigenvalue weighted by atomic mass is 79.9. The van der Waals surface area contributed by atoms with Crippen molar-refractivity contribution in [1.82, 2.24) is 0 Å². The predicted molar refractivity (Wildman–Crippen MR) is 90.1 cm³/mol. The molecule has 0 aliphatic heterocycles. The van der Waals surface area contributed by atoms with Crippen molar-refractivity contribution >= 4 is 27.3 Å². The van der Waals surface area contributed by atoms with Gasteiger partial charge in [-0.2, -0.15) is 0 Å². The third-order valence-electron chi connectivity index (χ3n) is 4.62. The summed E-state index contributed by atoms with van der Waals surface area (Å²) in [6.45, 7) is 6.83. The minimum Gasteiger partial charge on any atom is -0.368 e. The summed E-state index contributed by atoms with van der Waals surface area (Å²) in [5, 5.41) is 0. The maximum atomic E-state index is 6.43. The van der Waals surface area contributed by atoms with Gasteiger partial charge in [0.25, 0.3) is 0 Å². The molecule has 1 heterocycles. The fourth-order valence-corrected chi connectivity index (χ4v) is 4.44. The topological polar surface area (TPSA) is 35.2 Å². The summed E-state index contributed by atoms with van der Waals surface area (Å²) in [5.41, 5.74) is 6.30. The maximum Gasteiger partial charge on any atom is 0.107 e. The Hall–Kier alpha value is 0.1000. The van der Waals surface area contributed by atoms with Gasteiger partial charge in [0.15, 0.2) is 0 Å². The van der Waals surface area contributed by atoms with Gasteiger partial charge in [-0.25, -0.2) is 0 Å². The van der Waals surface area contributed by atoms with Crippen LogP contribution >= 0.6 is 27.3 Å². The molecule has 4 heteroatoms. The fraction of sp³-hybridized carbons (Fsp3) is 0.750. The van der Waals surface area contributed by atoms with Gasteiger partial charge in [0.1, 0.15) is 6.10 Å². The molecule has 1 saturated carbocycles. The average Bonchev–Trinajstić information content (AvgIpc) is 2.85. The summed E-state index contributed by atoms with van der Waals surface area (Å²) >= 11 is 5.28. The first-order valence-electron chi connectivity index (χ1n) is 7.67. The molecule has 20 heavy (non-hydrogen) atoms. The number of ether oxygens (including phenoxy) is 1. The smallest absolute Gasteiger partial charge is 0.107 e. The molecule has 1 aliphatic carbocycles. The van der Waals surface area contributed by atoms with E-state index in [4.69, 9.17) is 10.5 Å². The van der Waals surface area contributed by atoms with Gasteiger partial charge in [-0.3, -0.25) is 0 Å². The molecule has 2 rings (SSSR count). The molecule has 5 atom stereocenters. The molecule has 0 amide bonds. The van der Waals surface area contributed by atoms with Gasteiger partial charge in [0.2, 0.25) is 0 Å². The molecular formula is C16H26BrNOS. The largest absolute Gasteiger partial charge is 0.368 e. The zero-order chi connectivity index (χ0) is 14.7. The van der Waals surface area contributed by atoms with E-state index in [1.807, 2.05) is 0 Å². The van der Waals surface area contributed by atoms with Crippen molar-refractivity contribution in [2.24, 2.45) is 17.6 Å². The number of halogens is 1. The van der Waals surface area contributed by atoms with Gasteiger partial charge in [0.05, 0.1) is 9.89 Å².